The Labute approximate surface area is 291 Å². The van der Waals surface area contributed by atoms with Gasteiger partial charge in [-0.2, -0.15) is 0 Å². The number of aryl methyl sites for hydroxylation is 1. The minimum absolute atomic E-state index is 0. The molecule has 1 aliphatic rings. The van der Waals surface area contributed by atoms with Gasteiger partial charge in [0.15, 0.2) is 0 Å². The van der Waals surface area contributed by atoms with Crippen LogP contribution in [0.15, 0.2) is 83.2 Å². The van der Waals surface area contributed by atoms with E-state index >= 15 is 0 Å². The van der Waals surface area contributed by atoms with E-state index in [1.807, 2.05) is 6.92 Å². The molecule has 2 N–H and O–H groups in total. The second-order valence-corrected chi connectivity index (χ2v) is 10.2. The number of nitrogens with zero attached hydrogens (tertiary/aromatic N) is 1. The van der Waals surface area contributed by atoms with Crippen molar-refractivity contribution in [2.45, 2.75) is 26.7 Å². The number of halogens is 2. The van der Waals surface area contributed by atoms with E-state index in [1.165, 1.54) is 38.5 Å². The fourth-order valence-electron chi connectivity index (χ4n) is 4.64. The maximum Gasteiger partial charge on any atom is 1.00 e. The van der Waals surface area contributed by atoms with Crippen molar-refractivity contribution in [1.29, 1.82) is 0 Å². The molecule has 0 aromatic heterocycles. The molecule has 0 atom stereocenters. The summed E-state index contributed by atoms with van der Waals surface area (Å²) in [4.78, 5) is 46.6. The average molecular weight is 664 g/mol. The molecule has 14 heteroatoms. The molecule has 0 unspecified atom stereocenters. The molecule has 1 aliphatic heterocycles. The van der Waals surface area contributed by atoms with Crippen LogP contribution in [0.2, 0.25) is 10.0 Å². The second kappa shape index (κ2) is 16.4. The summed E-state index contributed by atoms with van der Waals surface area (Å²) in [5, 5.41) is 29.2. The molecule has 11 nitrogen and oxygen atoms in total. The molecule has 0 saturated carbocycles. The molecule has 0 spiro atoms. The van der Waals surface area contributed by atoms with Crippen LogP contribution in [0, 0.1) is 17.0 Å². The van der Waals surface area contributed by atoms with Crippen LogP contribution in [0.4, 0.5) is 17.1 Å². The fourth-order valence-corrected chi connectivity index (χ4v) is 5.11. The molecule has 45 heavy (non-hydrogen) atoms. The Balaban J connectivity index is 0.000000317. The molecule has 0 amide bonds. The van der Waals surface area contributed by atoms with E-state index in [4.69, 9.17) is 32.7 Å². The first-order chi connectivity index (χ1) is 20.8. The van der Waals surface area contributed by atoms with Crippen molar-refractivity contribution in [2.24, 2.45) is 0 Å². The number of carbonyl (C=O) groups is 3. The number of hydrogen-bond acceptors (Lipinski definition) is 10. The normalized spacial score (nSPS) is 12.6. The van der Waals surface area contributed by atoms with Gasteiger partial charge in [-0.1, -0.05) is 65.7 Å². The first-order valence-electron chi connectivity index (χ1n) is 12.9. The molecule has 0 bridgehead atoms. The van der Waals surface area contributed by atoms with E-state index in [2.05, 4.69) is 10.6 Å². The zero-order valence-electron chi connectivity index (χ0n) is 25.3. The van der Waals surface area contributed by atoms with E-state index < -0.39 is 28.7 Å². The largest absolute Gasteiger partial charge is 1.00 e. The Hall–Kier alpha value is -3.87. The predicted molar refractivity (Wildman–Crippen MR) is 164 cm³/mol. The number of aromatic carboxylic acids is 1. The third-order valence-corrected chi connectivity index (χ3v) is 7.51. The molecule has 0 aliphatic carbocycles. The molecule has 3 aromatic rings. The summed E-state index contributed by atoms with van der Waals surface area (Å²) < 4.78 is 9.66. The molecule has 0 radical (unpaired) electrons. The molecule has 4 rings (SSSR count). The Morgan fingerprint density at radius 1 is 0.867 bits per heavy atom. The number of nitro groups is 1. The Morgan fingerprint density at radius 3 is 1.93 bits per heavy atom. The summed E-state index contributed by atoms with van der Waals surface area (Å²) in [7, 11) is 2.42. The number of dihydropyridines is 1. The van der Waals surface area contributed by atoms with Crippen molar-refractivity contribution in [2.75, 3.05) is 19.5 Å². The van der Waals surface area contributed by atoms with Gasteiger partial charge in [-0.3, -0.25) is 10.1 Å². The summed E-state index contributed by atoms with van der Waals surface area (Å²) >= 11 is 12.2. The third kappa shape index (κ3) is 8.44. The zero-order chi connectivity index (χ0) is 32.7. The number of ether oxygens (including phenoxy) is 2. The van der Waals surface area contributed by atoms with Crippen LogP contribution in [0.1, 0.15) is 41.3 Å². The van der Waals surface area contributed by atoms with Crippen LogP contribution in [0.3, 0.4) is 0 Å². The molecule has 1 heterocycles. The molecular formula is C31H28Cl2N3NaO8. The number of hydrogen-bond donors (Lipinski definition) is 2. The molecule has 0 fully saturated rings. The third-order valence-electron chi connectivity index (χ3n) is 6.71. The van der Waals surface area contributed by atoms with Crippen LogP contribution in [-0.4, -0.2) is 37.1 Å². The van der Waals surface area contributed by atoms with E-state index in [9.17, 15) is 29.6 Å². The smallest absolute Gasteiger partial charge is 0.545 e. The Bertz CT molecular complexity index is 1670. The second-order valence-electron chi connectivity index (χ2n) is 9.45. The van der Waals surface area contributed by atoms with E-state index in [1.54, 1.807) is 50.2 Å². The first kappa shape index (κ1) is 37.3. The summed E-state index contributed by atoms with van der Waals surface area (Å²) in [5.41, 5.74) is 2.96. The maximum absolute atomic E-state index is 12.3. The monoisotopic (exact) mass is 663 g/mol. The van der Waals surface area contributed by atoms with Crippen LogP contribution in [-0.2, 0) is 19.1 Å². The van der Waals surface area contributed by atoms with Crippen LogP contribution in [0.5, 0.6) is 0 Å². The number of methoxy groups -OCH3 is 2. The number of para-hydroxylation sites is 2. The van der Waals surface area contributed by atoms with E-state index in [0.717, 1.165) is 5.56 Å². The van der Waals surface area contributed by atoms with Crippen LogP contribution >= 0.6 is 23.2 Å². The van der Waals surface area contributed by atoms with Gasteiger partial charge in [-0.25, -0.2) is 9.59 Å². The molecular weight excluding hydrogens is 636 g/mol. The van der Waals surface area contributed by atoms with Gasteiger partial charge in [0, 0.05) is 34.3 Å². The van der Waals surface area contributed by atoms with Gasteiger partial charge >= 0.3 is 41.5 Å². The van der Waals surface area contributed by atoms with Gasteiger partial charge in [-0.05, 0) is 38.5 Å². The fraction of sp³-hybridized carbons (Fsp3) is 0.194. The van der Waals surface area contributed by atoms with Gasteiger partial charge in [0.05, 0.1) is 57.9 Å². The van der Waals surface area contributed by atoms with Crippen molar-refractivity contribution in [3.05, 3.63) is 120 Å². The Kier molecular flexibility index (Phi) is 13.6. The van der Waals surface area contributed by atoms with Gasteiger partial charge < -0.3 is 30.0 Å². The SMILES string of the molecule is COC(=O)C1=C(C)NC(C)=C(C(=O)OC)C1c1ccccc1[N+](=O)[O-].Cc1ccc(Cl)c(Nc2ccccc2C(=O)[O-])c1Cl.[Na+]. The number of rotatable bonds is 7. The standard InChI is InChI=1S/C17H18N2O6.C14H11Cl2NO2.Na/c1-9-13(16(20)24-3)15(14(10(2)18-9)17(21)25-4)11-7-5-6-8-12(11)19(22)23;1-8-6-7-10(15)13(12(8)16)17-11-5-3-2-4-9(11)14(18)19;/h5-8,15,18H,1-4H3;2-7,17H,1H3,(H,18,19);/q;;+1/p-1. The molecule has 0 saturated heterocycles. The minimum atomic E-state index is -1.26. The van der Waals surface area contributed by atoms with Crippen molar-refractivity contribution in [3.63, 3.8) is 0 Å². The number of nitrogens with one attached hydrogen (secondary N) is 2. The summed E-state index contributed by atoms with van der Waals surface area (Å²) in [6.45, 7) is 5.13. The van der Waals surface area contributed by atoms with Gasteiger partial charge in [0.25, 0.3) is 5.69 Å². The summed E-state index contributed by atoms with van der Waals surface area (Å²) in [6, 6.07) is 15.9. The predicted octanol–water partition coefficient (Wildman–Crippen LogP) is 2.59. The Morgan fingerprint density at radius 2 is 1.40 bits per heavy atom. The van der Waals surface area contributed by atoms with Crippen LogP contribution in [0.25, 0.3) is 0 Å². The number of esters is 2. The van der Waals surface area contributed by atoms with Crippen LogP contribution < -0.4 is 45.3 Å². The topological polar surface area (TPSA) is 160 Å². The quantitative estimate of drug-likeness (QED) is 0.166. The maximum atomic E-state index is 12.3. The number of benzene rings is 3. The number of allylic oxidation sites excluding steroid dienone is 2. The van der Waals surface area contributed by atoms with E-state index in [-0.39, 0.29) is 57.5 Å². The van der Waals surface area contributed by atoms with Crippen molar-refractivity contribution >= 4 is 58.2 Å². The number of carboxylic acid groups (broad SMARTS) is 1. The minimum Gasteiger partial charge on any atom is -0.545 e. The summed E-state index contributed by atoms with van der Waals surface area (Å²) in [5.74, 6) is -3.59. The van der Waals surface area contributed by atoms with Crippen molar-refractivity contribution in [1.82, 2.24) is 5.32 Å². The van der Waals surface area contributed by atoms with Crippen molar-refractivity contribution in [3.8, 4) is 0 Å². The average Bonchev–Trinajstić information content (AvgIpc) is 3.00. The van der Waals surface area contributed by atoms with Gasteiger partial charge in [-0.15, -0.1) is 0 Å². The number of nitro benzene ring substituents is 1. The number of carboxylic acids is 1. The molecule has 3 aromatic carbocycles. The summed E-state index contributed by atoms with van der Waals surface area (Å²) in [6.07, 6.45) is 0. The van der Waals surface area contributed by atoms with E-state index in [0.29, 0.717) is 32.8 Å². The zero-order valence-corrected chi connectivity index (χ0v) is 28.8. The van der Waals surface area contributed by atoms with Crippen molar-refractivity contribution < 1.29 is 63.4 Å². The van der Waals surface area contributed by atoms with Gasteiger partial charge in [0.1, 0.15) is 0 Å². The first-order valence-corrected chi connectivity index (χ1v) is 13.7. The number of anilines is 2. The number of carbonyl (C=O) groups excluding carboxylic acids is 3. The van der Waals surface area contributed by atoms with Gasteiger partial charge in [0.2, 0.25) is 0 Å². The molecule has 230 valence electrons.